The summed E-state index contributed by atoms with van der Waals surface area (Å²) in [5.41, 5.74) is 0. The molecule has 1 heterocycles. The topological polar surface area (TPSA) is 91.5 Å². The van der Waals surface area contributed by atoms with E-state index in [1.165, 1.54) is 0 Å². The third-order valence-corrected chi connectivity index (χ3v) is 3.83. The summed E-state index contributed by atoms with van der Waals surface area (Å²) in [5.74, 6) is 0.416. The number of rotatable bonds is 5. The van der Waals surface area contributed by atoms with E-state index in [0.717, 1.165) is 25.7 Å². The molecule has 21 heavy (non-hydrogen) atoms. The number of aromatic nitrogens is 2. The first-order chi connectivity index (χ1) is 9.97. The van der Waals surface area contributed by atoms with E-state index in [4.69, 9.17) is 4.42 Å². The van der Waals surface area contributed by atoms with Gasteiger partial charge in [-0.05, 0) is 19.9 Å². The molecule has 1 aromatic rings. The Bertz CT molecular complexity index is 475. The van der Waals surface area contributed by atoms with Gasteiger partial charge in [0.2, 0.25) is 11.8 Å². The zero-order chi connectivity index (χ0) is 15.4. The van der Waals surface area contributed by atoms with Crippen molar-refractivity contribution in [1.29, 1.82) is 0 Å². The normalized spacial score (nSPS) is 22.8. The molecular formula is C14H24N4O3. The summed E-state index contributed by atoms with van der Waals surface area (Å²) in [7, 11) is 1.85. The summed E-state index contributed by atoms with van der Waals surface area (Å²) in [6.07, 6.45) is 3.51. The highest BCUT2D eigenvalue weighted by atomic mass is 16.4. The first-order valence-corrected chi connectivity index (χ1v) is 7.49. The second kappa shape index (κ2) is 7.00. The van der Waals surface area contributed by atoms with Crippen molar-refractivity contribution in [3.05, 3.63) is 5.89 Å². The van der Waals surface area contributed by atoms with E-state index >= 15 is 0 Å². The highest BCUT2D eigenvalue weighted by molar-refractivity contribution is 5.90. The maximum Gasteiger partial charge on any atom is 0.322 e. The average molecular weight is 296 g/mol. The fraction of sp³-hybridized carbons (Fsp3) is 0.786. The van der Waals surface area contributed by atoms with Crippen molar-refractivity contribution >= 4 is 11.9 Å². The summed E-state index contributed by atoms with van der Waals surface area (Å²) in [5, 5.41) is 20.3. The zero-order valence-corrected chi connectivity index (χ0v) is 12.9. The van der Waals surface area contributed by atoms with Gasteiger partial charge >= 0.3 is 6.01 Å². The molecule has 1 saturated carbocycles. The molecule has 2 atom stereocenters. The fourth-order valence-electron chi connectivity index (χ4n) is 2.63. The molecule has 0 aromatic carbocycles. The minimum atomic E-state index is -0.354. The average Bonchev–Trinajstić information content (AvgIpc) is 2.87. The van der Waals surface area contributed by atoms with Gasteiger partial charge < -0.3 is 9.52 Å². The van der Waals surface area contributed by atoms with Crippen LogP contribution in [0, 0.1) is 0 Å². The van der Waals surface area contributed by atoms with Crippen LogP contribution in [0.25, 0.3) is 0 Å². The van der Waals surface area contributed by atoms with Gasteiger partial charge in [0.15, 0.2) is 0 Å². The number of carbonyl (C=O) groups is 1. The van der Waals surface area contributed by atoms with E-state index in [9.17, 15) is 9.90 Å². The quantitative estimate of drug-likeness (QED) is 0.852. The predicted octanol–water partition coefficient (Wildman–Crippen LogP) is 1.37. The lowest BCUT2D eigenvalue weighted by molar-refractivity contribution is -0.118. The van der Waals surface area contributed by atoms with Crippen molar-refractivity contribution in [2.75, 3.05) is 18.9 Å². The minimum Gasteiger partial charge on any atom is -0.408 e. The smallest absolute Gasteiger partial charge is 0.322 e. The monoisotopic (exact) mass is 296 g/mol. The van der Waals surface area contributed by atoms with Crippen LogP contribution in [0.4, 0.5) is 6.01 Å². The first kappa shape index (κ1) is 15.9. The van der Waals surface area contributed by atoms with Crippen molar-refractivity contribution in [2.45, 2.75) is 57.6 Å². The molecule has 118 valence electrons. The Morgan fingerprint density at radius 3 is 2.76 bits per heavy atom. The summed E-state index contributed by atoms with van der Waals surface area (Å²) in [4.78, 5) is 13.9. The lowest BCUT2D eigenvalue weighted by Crippen LogP contribution is -2.46. The van der Waals surface area contributed by atoms with Gasteiger partial charge in [0.05, 0.1) is 12.6 Å². The van der Waals surface area contributed by atoms with Crippen molar-refractivity contribution in [3.63, 3.8) is 0 Å². The minimum absolute atomic E-state index is 0.0402. The number of nitrogens with zero attached hydrogens (tertiary/aromatic N) is 3. The molecule has 0 radical (unpaired) electrons. The first-order valence-electron chi connectivity index (χ1n) is 7.49. The Labute approximate surface area is 124 Å². The second-order valence-corrected chi connectivity index (χ2v) is 5.98. The fourth-order valence-corrected chi connectivity index (χ4v) is 2.63. The largest absolute Gasteiger partial charge is 0.408 e. The Morgan fingerprint density at radius 1 is 1.43 bits per heavy atom. The third-order valence-electron chi connectivity index (χ3n) is 3.83. The highest BCUT2D eigenvalue weighted by Crippen LogP contribution is 2.22. The lowest BCUT2D eigenvalue weighted by Gasteiger charge is -2.34. The van der Waals surface area contributed by atoms with Gasteiger partial charge in [0, 0.05) is 12.0 Å². The zero-order valence-electron chi connectivity index (χ0n) is 12.9. The molecule has 1 aromatic heterocycles. The van der Waals surface area contributed by atoms with E-state index in [0.29, 0.717) is 5.89 Å². The molecule has 1 aliphatic carbocycles. The maximum atomic E-state index is 12.0. The number of anilines is 1. The number of hydrogen-bond acceptors (Lipinski definition) is 6. The van der Waals surface area contributed by atoms with Crippen LogP contribution < -0.4 is 5.32 Å². The summed E-state index contributed by atoms with van der Waals surface area (Å²) in [6.45, 7) is 4.08. The van der Waals surface area contributed by atoms with Crippen molar-refractivity contribution in [3.8, 4) is 0 Å². The van der Waals surface area contributed by atoms with Crippen molar-refractivity contribution in [2.24, 2.45) is 0 Å². The van der Waals surface area contributed by atoms with Crippen molar-refractivity contribution in [1.82, 2.24) is 15.1 Å². The Morgan fingerprint density at radius 2 is 2.14 bits per heavy atom. The van der Waals surface area contributed by atoms with Gasteiger partial charge in [0.1, 0.15) is 0 Å². The Balaban J connectivity index is 1.85. The van der Waals surface area contributed by atoms with Crippen LogP contribution in [-0.4, -0.2) is 51.8 Å². The van der Waals surface area contributed by atoms with E-state index in [1.54, 1.807) is 0 Å². The SMILES string of the molecule is CC(C)c1nnc(NC(=O)CN(C)C2CCCCC2O)o1. The molecule has 2 unspecified atom stereocenters. The lowest BCUT2D eigenvalue weighted by atomic mass is 9.91. The number of likely N-dealkylation sites (N-methyl/N-ethyl adjacent to an activating group) is 1. The number of amides is 1. The van der Waals surface area contributed by atoms with Crippen LogP contribution in [0.2, 0.25) is 0 Å². The van der Waals surface area contributed by atoms with Gasteiger partial charge in [-0.15, -0.1) is 5.10 Å². The van der Waals surface area contributed by atoms with E-state index in [-0.39, 0.29) is 36.5 Å². The third kappa shape index (κ3) is 4.25. The Kier molecular flexibility index (Phi) is 5.30. The molecule has 7 heteroatoms. The number of hydrogen-bond donors (Lipinski definition) is 2. The second-order valence-electron chi connectivity index (χ2n) is 5.98. The van der Waals surface area contributed by atoms with Crippen LogP contribution >= 0.6 is 0 Å². The molecular weight excluding hydrogens is 272 g/mol. The predicted molar refractivity (Wildman–Crippen MR) is 77.9 cm³/mol. The molecule has 7 nitrogen and oxygen atoms in total. The van der Waals surface area contributed by atoms with E-state index < -0.39 is 0 Å². The van der Waals surface area contributed by atoms with E-state index in [1.807, 2.05) is 25.8 Å². The standard InChI is InChI=1S/C14H24N4O3/c1-9(2)13-16-17-14(21-13)15-12(20)8-18(3)10-6-4-5-7-11(10)19/h9-11,19H,4-8H2,1-3H3,(H,15,17,20). The number of nitrogens with one attached hydrogen (secondary N) is 1. The molecule has 0 bridgehead atoms. The molecule has 0 aliphatic heterocycles. The molecule has 1 amide bonds. The summed E-state index contributed by atoms with van der Waals surface area (Å²) >= 11 is 0. The molecule has 2 N–H and O–H groups in total. The van der Waals surface area contributed by atoms with Gasteiger partial charge in [-0.3, -0.25) is 15.0 Å². The van der Waals surface area contributed by atoms with Crippen LogP contribution in [0.5, 0.6) is 0 Å². The number of aliphatic hydroxyl groups is 1. The molecule has 0 spiro atoms. The molecule has 1 fully saturated rings. The van der Waals surface area contributed by atoms with E-state index in [2.05, 4.69) is 15.5 Å². The molecule has 0 saturated heterocycles. The maximum absolute atomic E-state index is 12.0. The van der Waals surface area contributed by atoms with Crippen molar-refractivity contribution < 1.29 is 14.3 Å². The van der Waals surface area contributed by atoms with Gasteiger partial charge in [-0.1, -0.05) is 31.8 Å². The number of aliphatic hydroxyl groups excluding tert-OH is 1. The van der Waals surface area contributed by atoms with Gasteiger partial charge in [-0.2, -0.15) is 0 Å². The highest BCUT2D eigenvalue weighted by Gasteiger charge is 2.27. The Hall–Kier alpha value is -1.47. The number of carbonyl (C=O) groups excluding carboxylic acids is 1. The van der Waals surface area contributed by atoms with Gasteiger partial charge in [-0.25, -0.2) is 0 Å². The summed E-state index contributed by atoms with van der Waals surface area (Å²) in [6, 6.07) is 0.166. The molecule has 1 aliphatic rings. The summed E-state index contributed by atoms with van der Waals surface area (Å²) < 4.78 is 5.34. The van der Waals surface area contributed by atoms with Crippen LogP contribution in [0.15, 0.2) is 4.42 Å². The van der Waals surface area contributed by atoms with Crippen LogP contribution in [0.1, 0.15) is 51.3 Å². The molecule has 2 rings (SSSR count). The van der Waals surface area contributed by atoms with Gasteiger partial charge in [0.25, 0.3) is 0 Å². The van der Waals surface area contributed by atoms with Crippen LogP contribution in [0.3, 0.4) is 0 Å². The van der Waals surface area contributed by atoms with Crippen LogP contribution in [-0.2, 0) is 4.79 Å².